The average molecular weight is 774 g/mol. The lowest BCUT2D eigenvalue weighted by Gasteiger charge is -2.28. The second-order valence-electron chi connectivity index (χ2n) is 19.8. The maximum Gasteiger partial charge on any atom is 0.197 e. The van der Waals surface area contributed by atoms with Gasteiger partial charge in [0.2, 0.25) is 0 Å². The van der Waals surface area contributed by atoms with Gasteiger partial charge < -0.3 is 9.88 Å². The highest BCUT2D eigenvalue weighted by Gasteiger charge is 2.35. The number of nitrogens with zero attached hydrogens (tertiary/aromatic N) is 1. The third-order valence-electron chi connectivity index (χ3n) is 13.5. The predicted molar refractivity (Wildman–Crippen MR) is 259 cm³/mol. The van der Waals surface area contributed by atoms with Gasteiger partial charge in [0.25, 0.3) is 0 Å². The standard InChI is InChI=1S/C57H50BN2/c1-55(2,3)38-22-25-51-44(30-38)46-31-39(56(4,5)6)32-49-54(46)60(51)52-29-37(34-16-10-9-11-17-34)27-45(53(52)58-49)43-26-35-18-12-13-19-36(35)28-50(43)59-40-23-24-48-42(33-40)41-20-14-15-21-47(41)57(48,7)8/h9-33,59H,1-8H3. The van der Waals surface area contributed by atoms with E-state index >= 15 is 0 Å². The predicted octanol–water partition coefficient (Wildman–Crippen LogP) is 13.9. The largest absolute Gasteiger partial charge is 0.355 e. The first-order chi connectivity index (χ1) is 28.7. The van der Waals surface area contributed by atoms with Crippen molar-refractivity contribution in [2.45, 2.75) is 71.6 Å². The number of nitrogens with one attached hydrogen (secondary N) is 1. The van der Waals surface area contributed by atoms with E-state index in [4.69, 9.17) is 0 Å². The van der Waals surface area contributed by atoms with Crippen LogP contribution in [0.25, 0.3) is 71.6 Å². The Bertz CT molecular complexity index is 3240. The molecule has 11 rings (SSSR count). The van der Waals surface area contributed by atoms with Crippen LogP contribution in [-0.2, 0) is 16.2 Å². The van der Waals surface area contributed by atoms with Gasteiger partial charge in [0.05, 0.1) is 5.52 Å². The third-order valence-corrected chi connectivity index (χ3v) is 13.5. The quantitative estimate of drug-likeness (QED) is 0.176. The smallest absolute Gasteiger partial charge is 0.197 e. The Morgan fingerprint density at radius 2 is 1.20 bits per heavy atom. The minimum atomic E-state index is -0.0448. The molecule has 1 aliphatic heterocycles. The zero-order valence-corrected chi connectivity index (χ0v) is 36.0. The molecular formula is C57H50BN2. The molecule has 0 saturated heterocycles. The molecule has 2 aliphatic rings. The lowest BCUT2D eigenvalue weighted by atomic mass is 9.58. The molecule has 0 fully saturated rings. The molecule has 8 aromatic carbocycles. The van der Waals surface area contributed by atoms with E-state index in [9.17, 15) is 0 Å². The summed E-state index contributed by atoms with van der Waals surface area (Å²) in [6.45, 7) is 18.6. The molecule has 1 radical (unpaired) electrons. The number of rotatable bonds is 4. The summed E-state index contributed by atoms with van der Waals surface area (Å²) in [6, 6.07) is 57.2. The van der Waals surface area contributed by atoms with Crippen molar-refractivity contribution in [1.29, 1.82) is 0 Å². The van der Waals surface area contributed by atoms with Gasteiger partial charge in [0, 0.05) is 44.3 Å². The normalized spacial score (nSPS) is 13.9. The Labute approximate surface area is 355 Å². The molecule has 0 spiro atoms. The number of fused-ring (bicyclic) bond motifs is 9. The van der Waals surface area contributed by atoms with Crippen LogP contribution in [0, 0.1) is 0 Å². The molecule has 2 nitrogen and oxygen atoms in total. The van der Waals surface area contributed by atoms with Crippen LogP contribution >= 0.6 is 0 Å². The van der Waals surface area contributed by atoms with E-state index in [0.717, 1.165) is 11.4 Å². The van der Waals surface area contributed by atoms with Crippen LogP contribution in [-0.4, -0.2) is 11.8 Å². The third kappa shape index (κ3) is 5.62. The highest BCUT2D eigenvalue weighted by atomic mass is 15.0. The van der Waals surface area contributed by atoms with Gasteiger partial charge in [0.1, 0.15) is 0 Å². The summed E-state index contributed by atoms with van der Waals surface area (Å²) in [4.78, 5) is 0. The topological polar surface area (TPSA) is 17.0 Å². The molecule has 2 heterocycles. The van der Waals surface area contributed by atoms with Gasteiger partial charge in [-0.3, -0.25) is 0 Å². The molecule has 3 heteroatoms. The lowest BCUT2D eigenvalue weighted by molar-refractivity contribution is 0.590. The Morgan fingerprint density at radius 3 is 1.97 bits per heavy atom. The molecule has 9 aromatic rings. The maximum absolute atomic E-state index is 4.01. The number of anilines is 2. The Morgan fingerprint density at radius 1 is 0.517 bits per heavy atom. The van der Waals surface area contributed by atoms with Crippen molar-refractivity contribution in [3.63, 3.8) is 0 Å². The summed E-state index contributed by atoms with van der Waals surface area (Å²) in [7, 11) is 2.48. The first kappa shape index (κ1) is 36.7. The monoisotopic (exact) mass is 773 g/mol. The van der Waals surface area contributed by atoms with E-state index in [0.29, 0.717) is 0 Å². The van der Waals surface area contributed by atoms with Gasteiger partial charge in [-0.05, 0) is 132 Å². The highest BCUT2D eigenvalue weighted by Crippen LogP contribution is 2.50. The van der Waals surface area contributed by atoms with Crippen molar-refractivity contribution in [1.82, 2.24) is 4.57 Å². The van der Waals surface area contributed by atoms with Gasteiger partial charge in [-0.1, -0.05) is 158 Å². The zero-order chi connectivity index (χ0) is 41.3. The molecule has 0 saturated carbocycles. The maximum atomic E-state index is 4.01. The van der Waals surface area contributed by atoms with Crippen LogP contribution in [0.15, 0.2) is 152 Å². The van der Waals surface area contributed by atoms with Gasteiger partial charge in [0.15, 0.2) is 7.28 Å². The summed E-state index contributed by atoms with van der Waals surface area (Å²) in [5, 5.41) is 9.07. The second kappa shape index (κ2) is 12.8. The summed E-state index contributed by atoms with van der Waals surface area (Å²) in [6.07, 6.45) is 0. The first-order valence-electron chi connectivity index (χ1n) is 21.5. The van der Waals surface area contributed by atoms with E-state index < -0.39 is 0 Å². The summed E-state index contributed by atoms with van der Waals surface area (Å²) < 4.78 is 2.57. The number of hydrogen-bond acceptors (Lipinski definition) is 1. The summed E-state index contributed by atoms with van der Waals surface area (Å²) in [5.41, 5.74) is 21.3. The van der Waals surface area contributed by atoms with Gasteiger partial charge >= 0.3 is 0 Å². The van der Waals surface area contributed by atoms with E-state index in [1.165, 1.54) is 105 Å². The van der Waals surface area contributed by atoms with Crippen LogP contribution in [0.3, 0.4) is 0 Å². The van der Waals surface area contributed by atoms with Crippen molar-refractivity contribution in [3.8, 4) is 39.1 Å². The lowest BCUT2D eigenvalue weighted by Crippen LogP contribution is -2.38. The molecule has 60 heavy (non-hydrogen) atoms. The Hall–Kier alpha value is -6.32. The molecule has 0 atom stereocenters. The van der Waals surface area contributed by atoms with Crippen LogP contribution in [0.4, 0.5) is 11.4 Å². The fourth-order valence-corrected chi connectivity index (χ4v) is 10.1. The van der Waals surface area contributed by atoms with Crippen molar-refractivity contribution >= 4 is 62.2 Å². The van der Waals surface area contributed by atoms with Crippen molar-refractivity contribution < 1.29 is 0 Å². The highest BCUT2D eigenvalue weighted by molar-refractivity contribution is 6.73. The van der Waals surface area contributed by atoms with Crippen molar-refractivity contribution in [3.05, 3.63) is 174 Å². The average Bonchev–Trinajstić information content (AvgIpc) is 3.68. The minimum absolute atomic E-state index is 0.0180. The molecular weight excluding hydrogens is 723 g/mol. The first-order valence-corrected chi connectivity index (χ1v) is 21.5. The molecule has 0 unspecified atom stereocenters. The van der Waals surface area contributed by atoms with E-state index in [1.807, 2.05) is 0 Å². The zero-order valence-electron chi connectivity index (χ0n) is 36.0. The van der Waals surface area contributed by atoms with E-state index in [-0.39, 0.29) is 16.2 Å². The number of aromatic nitrogens is 1. The molecule has 0 amide bonds. The van der Waals surface area contributed by atoms with Crippen molar-refractivity contribution in [2.24, 2.45) is 0 Å². The fraction of sp³-hybridized carbons (Fsp3) is 0.193. The summed E-state index contributed by atoms with van der Waals surface area (Å²) in [5.74, 6) is 0. The second-order valence-corrected chi connectivity index (χ2v) is 19.8. The number of benzene rings is 8. The van der Waals surface area contributed by atoms with Gasteiger partial charge in [-0.25, -0.2) is 0 Å². The number of hydrogen-bond donors (Lipinski definition) is 1. The van der Waals surface area contributed by atoms with Gasteiger partial charge in [-0.15, -0.1) is 0 Å². The van der Waals surface area contributed by atoms with E-state index in [1.54, 1.807) is 0 Å². The van der Waals surface area contributed by atoms with E-state index in [2.05, 4.69) is 224 Å². The molecule has 0 bridgehead atoms. The molecule has 291 valence electrons. The van der Waals surface area contributed by atoms with Crippen LogP contribution < -0.4 is 16.2 Å². The minimum Gasteiger partial charge on any atom is -0.355 e. The summed E-state index contributed by atoms with van der Waals surface area (Å²) >= 11 is 0. The SMILES string of the molecule is CC(C)(C)c1ccc2c(c1)c1cc(C(C)(C)C)cc3c1n2-c1cc(-c2ccccc2)cc(-c2cc4ccccc4cc2Nc2ccc4c(c2)-c2ccccc2C4(C)C)c1[B]3. The Kier molecular flexibility index (Phi) is 7.86. The van der Waals surface area contributed by atoms with Gasteiger partial charge in [-0.2, -0.15) is 0 Å². The van der Waals surface area contributed by atoms with Crippen LogP contribution in [0.2, 0.25) is 0 Å². The van der Waals surface area contributed by atoms with Crippen LogP contribution in [0.5, 0.6) is 0 Å². The van der Waals surface area contributed by atoms with Crippen LogP contribution in [0.1, 0.15) is 77.6 Å². The fourth-order valence-electron chi connectivity index (χ4n) is 10.1. The molecule has 1 aliphatic carbocycles. The molecule has 1 aromatic heterocycles. The van der Waals surface area contributed by atoms with Crippen molar-refractivity contribution in [2.75, 3.05) is 5.32 Å². The molecule has 1 N–H and O–H groups in total. The Balaban J connectivity index is 1.19.